The molecule has 0 aliphatic carbocycles. The van der Waals surface area contributed by atoms with E-state index in [1.54, 1.807) is 13.1 Å². The fourth-order valence-corrected chi connectivity index (χ4v) is 0.906. The summed E-state index contributed by atoms with van der Waals surface area (Å²) in [5, 5.41) is 2.90. The molecule has 2 nitrogen and oxygen atoms in total. The summed E-state index contributed by atoms with van der Waals surface area (Å²) < 4.78 is 0. The molecule has 0 rings (SSSR count). The first-order valence-electron chi connectivity index (χ1n) is 3.47. The van der Waals surface area contributed by atoms with Crippen LogP contribution >= 0.6 is 0 Å². The average molecular weight is 141 g/mol. The summed E-state index contributed by atoms with van der Waals surface area (Å²) in [6.07, 6.45) is 1.56. The minimum absolute atomic E-state index is 0.0718. The number of carbonyl (C=O) groups excluding carboxylic acids is 1. The molecule has 0 saturated heterocycles. The lowest BCUT2D eigenvalue weighted by Crippen LogP contribution is -2.36. The molecule has 0 aromatic carbocycles. The van der Waals surface area contributed by atoms with Crippen LogP contribution in [0.25, 0.3) is 0 Å². The fraction of sp³-hybridized carbons (Fsp3) is 0.625. The molecule has 0 aromatic heterocycles. The minimum atomic E-state index is -0.0718. The first kappa shape index (κ1) is 9.21. The third-order valence-corrected chi connectivity index (χ3v) is 1.40. The van der Waals surface area contributed by atoms with E-state index in [9.17, 15) is 4.79 Å². The van der Waals surface area contributed by atoms with Crippen molar-refractivity contribution in [1.29, 1.82) is 0 Å². The minimum Gasteiger partial charge on any atom is -0.382 e. The highest BCUT2D eigenvalue weighted by atomic mass is 16.1. The zero-order valence-corrected chi connectivity index (χ0v) is 6.85. The molecule has 0 fully saturated rings. The highest BCUT2D eigenvalue weighted by Crippen LogP contribution is 2.01. The molecule has 1 atom stereocenters. The summed E-state index contributed by atoms with van der Waals surface area (Å²) in [5.41, 5.74) is 0. The van der Waals surface area contributed by atoms with Crippen LogP contribution in [0.3, 0.4) is 0 Å². The molecule has 0 amide bonds. The van der Waals surface area contributed by atoms with Crippen LogP contribution in [-0.2, 0) is 4.79 Å². The molecule has 0 radical (unpaired) electrons. The monoisotopic (exact) mass is 141 g/mol. The third kappa shape index (κ3) is 2.67. The molecule has 0 heterocycles. The normalized spacial score (nSPS) is 12.8. The van der Waals surface area contributed by atoms with Crippen molar-refractivity contribution >= 4 is 5.78 Å². The van der Waals surface area contributed by atoms with E-state index in [2.05, 4.69) is 11.9 Å². The van der Waals surface area contributed by atoms with E-state index in [1.165, 1.54) is 0 Å². The zero-order chi connectivity index (χ0) is 8.15. The van der Waals surface area contributed by atoms with Crippen LogP contribution in [0.4, 0.5) is 0 Å². The molecule has 58 valence electrons. The maximum absolute atomic E-state index is 10.9. The van der Waals surface area contributed by atoms with Crippen molar-refractivity contribution in [3.05, 3.63) is 12.8 Å². The van der Waals surface area contributed by atoms with Gasteiger partial charge in [0.05, 0.1) is 6.04 Å². The SMILES string of the molecule is C=CNC(C(C)=O)C(C)C. The Kier molecular flexibility index (Phi) is 3.77. The molecule has 10 heavy (non-hydrogen) atoms. The largest absolute Gasteiger partial charge is 0.382 e. The predicted molar refractivity (Wildman–Crippen MR) is 42.6 cm³/mol. The second-order valence-electron chi connectivity index (χ2n) is 2.70. The van der Waals surface area contributed by atoms with E-state index in [0.717, 1.165) is 0 Å². The molecule has 0 aliphatic rings. The summed E-state index contributed by atoms with van der Waals surface area (Å²) in [4.78, 5) is 10.9. The highest BCUT2D eigenvalue weighted by Gasteiger charge is 2.15. The van der Waals surface area contributed by atoms with Crippen molar-refractivity contribution in [2.24, 2.45) is 5.92 Å². The Morgan fingerprint density at radius 2 is 2.10 bits per heavy atom. The standard InChI is InChI=1S/C8H15NO/c1-5-9-8(6(2)3)7(4)10/h5-6,8-9H,1H2,2-4H3. The topological polar surface area (TPSA) is 29.1 Å². The lowest BCUT2D eigenvalue weighted by atomic mass is 10.0. The van der Waals surface area contributed by atoms with E-state index in [1.807, 2.05) is 13.8 Å². The summed E-state index contributed by atoms with van der Waals surface area (Å²) in [6, 6.07) is -0.0718. The Labute approximate surface area is 62.3 Å². The van der Waals surface area contributed by atoms with E-state index in [0.29, 0.717) is 5.92 Å². The van der Waals surface area contributed by atoms with Gasteiger partial charge in [-0.1, -0.05) is 20.4 Å². The van der Waals surface area contributed by atoms with Gasteiger partial charge in [-0.05, 0) is 19.0 Å². The van der Waals surface area contributed by atoms with Crippen molar-refractivity contribution in [2.75, 3.05) is 0 Å². The van der Waals surface area contributed by atoms with Crippen LogP contribution in [0.2, 0.25) is 0 Å². The van der Waals surface area contributed by atoms with Crippen molar-refractivity contribution in [1.82, 2.24) is 5.32 Å². The van der Waals surface area contributed by atoms with Gasteiger partial charge in [-0.25, -0.2) is 0 Å². The number of hydrogen-bond donors (Lipinski definition) is 1. The van der Waals surface area contributed by atoms with E-state index in [-0.39, 0.29) is 11.8 Å². The van der Waals surface area contributed by atoms with Crippen LogP contribution in [0.5, 0.6) is 0 Å². The fourth-order valence-electron chi connectivity index (χ4n) is 0.906. The van der Waals surface area contributed by atoms with Crippen molar-refractivity contribution in [3.63, 3.8) is 0 Å². The Hall–Kier alpha value is -0.790. The first-order valence-corrected chi connectivity index (χ1v) is 3.47. The van der Waals surface area contributed by atoms with Gasteiger partial charge < -0.3 is 5.32 Å². The van der Waals surface area contributed by atoms with E-state index < -0.39 is 0 Å². The molecule has 0 saturated carbocycles. The number of hydrogen-bond acceptors (Lipinski definition) is 2. The molecular weight excluding hydrogens is 126 g/mol. The van der Waals surface area contributed by atoms with Gasteiger partial charge in [0.2, 0.25) is 0 Å². The Balaban J connectivity index is 3.97. The second-order valence-corrected chi connectivity index (χ2v) is 2.70. The lowest BCUT2D eigenvalue weighted by Gasteiger charge is -2.17. The number of carbonyl (C=O) groups is 1. The predicted octanol–water partition coefficient (Wildman–Crippen LogP) is 1.33. The van der Waals surface area contributed by atoms with Crippen molar-refractivity contribution < 1.29 is 4.79 Å². The summed E-state index contributed by atoms with van der Waals surface area (Å²) in [7, 11) is 0. The molecular formula is C8H15NO. The first-order chi connectivity index (χ1) is 4.59. The van der Waals surface area contributed by atoms with Gasteiger partial charge in [0.15, 0.2) is 5.78 Å². The molecule has 1 N–H and O–H groups in total. The van der Waals surface area contributed by atoms with Gasteiger partial charge >= 0.3 is 0 Å². The quantitative estimate of drug-likeness (QED) is 0.640. The number of ketones is 1. The summed E-state index contributed by atoms with van der Waals surface area (Å²) in [6.45, 7) is 9.09. The van der Waals surface area contributed by atoms with Gasteiger partial charge in [0.25, 0.3) is 0 Å². The maximum Gasteiger partial charge on any atom is 0.152 e. The molecule has 0 bridgehead atoms. The highest BCUT2D eigenvalue weighted by molar-refractivity contribution is 5.81. The van der Waals surface area contributed by atoms with Crippen LogP contribution in [-0.4, -0.2) is 11.8 Å². The maximum atomic E-state index is 10.9. The van der Waals surface area contributed by atoms with Crippen LogP contribution in [0, 0.1) is 5.92 Å². The molecule has 1 unspecified atom stereocenters. The van der Waals surface area contributed by atoms with Crippen molar-refractivity contribution in [2.45, 2.75) is 26.8 Å². The van der Waals surface area contributed by atoms with E-state index in [4.69, 9.17) is 0 Å². The Morgan fingerprint density at radius 3 is 2.20 bits per heavy atom. The van der Waals surface area contributed by atoms with E-state index >= 15 is 0 Å². The van der Waals surface area contributed by atoms with Gasteiger partial charge in [0, 0.05) is 0 Å². The van der Waals surface area contributed by atoms with Crippen LogP contribution in [0.1, 0.15) is 20.8 Å². The van der Waals surface area contributed by atoms with Gasteiger partial charge in [0.1, 0.15) is 0 Å². The molecule has 0 aromatic rings. The lowest BCUT2D eigenvalue weighted by molar-refractivity contribution is -0.119. The zero-order valence-electron chi connectivity index (χ0n) is 6.85. The molecule has 2 heteroatoms. The number of Topliss-reactive ketones (excluding diaryl/α,β-unsaturated/α-hetero) is 1. The average Bonchev–Trinajstić information content (AvgIpc) is 1.81. The molecule has 0 aliphatic heterocycles. The summed E-state index contributed by atoms with van der Waals surface area (Å²) in [5.74, 6) is 0.491. The van der Waals surface area contributed by atoms with Gasteiger partial charge in [-0.3, -0.25) is 4.79 Å². The Morgan fingerprint density at radius 1 is 1.60 bits per heavy atom. The van der Waals surface area contributed by atoms with Crippen LogP contribution in [0.15, 0.2) is 12.8 Å². The number of nitrogens with one attached hydrogen (secondary N) is 1. The summed E-state index contributed by atoms with van der Waals surface area (Å²) >= 11 is 0. The van der Waals surface area contributed by atoms with Gasteiger partial charge in [-0.15, -0.1) is 0 Å². The Bertz CT molecular complexity index is 129. The second kappa shape index (κ2) is 4.09. The van der Waals surface area contributed by atoms with Crippen LogP contribution < -0.4 is 5.32 Å². The number of rotatable bonds is 4. The smallest absolute Gasteiger partial charge is 0.152 e. The van der Waals surface area contributed by atoms with Crippen molar-refractivity contribution in [3.8, 4) is 0 Å². The van der Waals surface area contributed by atoms with Gasteiger partial charge in [-0.2, -0.15) is 0 Å². The third-order valence-electron chi connectivity index (χ3n) is 1.40. The molecule has 0 spiro atoms.